The first kappa shape index (κ1) is 13.1. The van der Waals surface area contributed by atoms with Gasteiger partial charge in [0.15, 0.2) is 0 Å². The van der Waals surface area contributed by atoms with E-state index in [2.05, 4.69) is 5.32 Å². The standard InChI is InChI=1S/C14H15FN2O3/c15-10-6-9-11(16-14(20)13(9)19)7-12(10)17(4-5-18)8-2-1-3-8/h6-8,18H,1-5H2,(H,16,19,20). The molecule has 1 fully saturated rings. The first-order chi connectivity index (χ1) is 9.61. The average molecular weight is 278 g/mol. The second kappa shape index (κ2) is 4.86. The number of aliphatic hydroxyl groups is 1. The largest absolute Gasteiger partial charge is 0.395 e. The van der Waals surface area contributed by atoms with E-state index >= 15 is 0 Å². The lowest BCUT2D eigenvalue weighted by molar-refractivity contribution is -0.112. The van der Waals surface area contributed by atoms with Crippen LogP contribution in [0, 0.1) is 5.82 Å². The van der Waals surface area contributed by atoms with Crippen LogP contribution in [-0.2, 0) is 4.79 Å². The molecule has 1 aliphatic carbocycles. The van der Waals surface area contributed by atoms with Crippen LogP contribution in [0.5, 0.6) is 0 Å². The first-order valence-corrected chi connectivity index (χ1v) is 6.68. The number of carbonyl (C=O) groups is 2. The molecule has 2 N–H and O–H groups in total. The minimum Gasteiger partial charge on any atom is -0.395 e. The lowest BCUT2D eigenvalue weighted by Crippen LogP contribution is -2.42. The summed E-state index contributed by atoms with van der Waals surface area (Å²) in [6.07, 6.45) is 3.01. The zero-order valence-corrected chi connectivity index (χ0v) is 10.9. The fourth-order valence-electron chi connectivity index (χ4n) is 2.68. The number of amides is 1. The molecule has 0 aromatic heterocycles. The minimum absolute atomic E-state index is 0.0711. The number of aliphatic hydroxyl groups excluding tert-OH is 1. The highest BCUT2D eigenvalue weighted by Gasteiger charge is 2.32. The second-order valence-electron chi connectivity index (χ2n) is 5.13. The van der Waals surface area contributed by atoms with Crippen molar-refractivity contribution in [2.45, 2.75) is 25.3 Å². The van der Waals surface area contributed by atoms with Gasteiger partial charge in [-0.25, -0.2) is 4.39 Å². The van der Waals surface area contributed by atoms with Crippen molar-refractivity contribution in [2.75, 3.05) is 23.4 Å². The number of hydrogen-bond acceptors (Lipinski definition) is 4. The van der Waals surface area contributed by atoms with Gasteiger partial charge in [-0.1, -0.05) is 0 Å². The summed E-state index contributed by atoms with van der Waals surface area (Å²) in [5.74, 6) is -1.97. The molecule has 6 heteroatoms. The van der Waals surface area contributed by atoms with Gasteiger partial charge in [-0.15, -0.1) is 0 Å². The van der Waals surface area contributed by atoms with Gasteiger partial charge in [0.25, 0.3) is 11.7 Å². The number of anilines is 2. The molecule has 0 bridgehead atoms. The second-order valence-corrected chi connectivity index (χ2v) is 5.13. The molecular weight excluding hydrogens is 263 g/mol. The third-order valence-corrected chi connectivity index (χ3v) is 3.95. The number of hydrogen-bond donors (Lipinski definition) is 2. The smallest absolute Gasteiger partial charge is 0.296 e. The van der Waals surface area contributed by atoms with Gasteiger partial charge >= 0.3 is 0 Å². The number of fused-ring (bicyclic) bond motifs is 1. The number of rotatable bonds is 4. The van der Waals surface area contributed by atoms with E-state index in [-0.39, 0.29) is 18.2 Å². The molecule has 1 aromatic rings. The molecule has 106 valence electrons. The molecule has 20 heavy (non-hydrogen) atoms. The van der Waals surface area contributed by atoms with Crippen molar-refractivity contribution in [1.82, 2.24) is 0 Å². The lowest BCUT2D eigenvalue weighted by Gasteiger charge is -2.39. The fraction of sp³-hybridized carbons (Fsp3) is 0.429. The number of benzene rings is 1. The van der Waals surface area contributed by atoms with E-state index < -0.39 is 17.5 Å². The number of nitrogens with one attached hydrogen (secondary N) is 1. The van der Waals surface area contributed by atoms with Crippen molar-refractivity contribution in [3.63, 3.8) is 0 Å². The first-order valence-electron chi connectivity index (χ1n) is 6.68. The Morgan fingerprint density at radius 3 is 2.70 bits per heavy atom. The monoisotopic (exact) mass is 278 g/mol. The van der Waals surface area contributed by atoms with Crippen LogP contribution in [0.1, 0.15) is 29.6 Å². The lowest BCUT2D eigenvalue weighted by atomic mass is 9.91. The summed E-state index contributed by atoms with van der Waals surface area (Å²) in [6, 6.07) is 2.80. The Morgan fingerprint density at radius 1 is 1.35 bits per heavy atom. The van der Waals surface area contributed by atoms with Gasteiger partial charge in [0.2, 0.25) is 0 Å². The average Bonchev–Trinajstić information content (AvgIpc) is 2.62. The van der Waals surface area contributed by atoms with Gasteiger partial charge in [-0.05, 0) is 31.4 Å². The predicted molar refractivity (Wildman–Crippen MR) is 71.4 cm³/mol. The summed E-state index contributed by atoms with van der Waals surface area (Å²) in [5, 5.41) is 11.6. The topological polar surface area (TPSA) is 69.6 Å². The SMILES string of the molecule is O=C1Nc2cc(N(CCO)C3CCC3)c(F)cc2C1=O. The molecule has 0 atom stereocenters. The highest BCUT2D eigenvalue weighted by Crippen LogP contribution is 2.35. The summed E-state index contributed by atoms with van der Waals surface area (Å²) in [5.41, 5.74) is 0.755. The summed E-state index contributed by atoms with van der Waals surface area (Å²) in [7, 11) is 0. The zero-order valence-electron chi connectivity index (χ0n) is 10.9. The summed E-state index contributed by atoms with van der Waals surface area (Å²) >= 11 is 0. The van der Waals surface area contributed by atoms with Crippen LogP contribution in [0.4, 0.5) is 15.8 Å². The van der Waals surface area contributed by atoms with E-state index in [0.717, 1.165) is 25.3 Å². The highest BCUT2D eigenvalue weighted by molar-refractivity contribution is 6.51. The molecule has 1 amide bonds. The number of nitrogens with zero attached hydrogens (tertiary/aromatic N) is 1. The molecule has 1 aromatic carbocycles. The van der Waals surface area contributed by atoms with E-state index in [4.69, 9.17) is 5.11 Å². The van der Waals surface area contributed by atoms with Crippen molar-refractivity contribution in [3.05, 3.63) is 23.5 Å². The Balaban J connectivity index is 1.99. The van der Waals surface area contributed by atoms with E-state index in [1.165, 1.54) is 6.07 Å². The summed E-state index contributed by atoms with van der Waals surface area (Å²) in [4.78, 5) is 24.7. The number of Topliss-reactive ketones (excluding diaryl/α,β-unsaturated/α-hetero) is 1. The Kier molecular flexibility index (Phi) is 3.17. The predicted octanol–water partition coefficient (Wildman–Crippen LogP) is 1.31. The third kappa shape index (κ3) is 1.96. The van der Waals surface area contributed by atoms with Gasteiger partial charge < -0.3 is 15.3 Å². The molecule has 0 radical (unpaired) electrons. The van der Waals surface area contributed by atoms with Crippen LogP contribution >= 0.6 is 0 Å². The van der Waals surface area contributed by atoms with Crippen LogP contribution in [0.3, 0.4) is 0 Å². The number of halogens is 1. The maximum atomic E-state index is 14.2. The fourth-order valence-corrected chi connectivity index (χ4v) is 2.68. The minimum atomic E-state index is -0.728. The molecule has 3 rings (SSSR count). The van der Waals surface area contributed by atoms with Crippen molar-refractivity contribution in [3.8, 4) is 0 Å². The molecule has 5 nitrogen and oxygen atoms in total. The molecule has 0 spiro atoms. The van der Waals surface area contributed by atoms with Crippen molar-refractivity contribution >= 4 is 23.1 Å². The Morgan fingerprint density at radius 2 is 2.10 bits per heavy atom. The van der Waals surface area contributed by atoms with E-state index in [1.807, 2.05) is 4.90 Å². The Labute approximate surface area is 115 Å². The van der Waals surface area contributed by atoms with Gasteiger partial charge in [-0.3, -0.25) is 9.59 Å². The molecule has 1 saturated carbocycles. The van der Waals surface area contributed by atoms with Crippen molar-refractivity contribution in [1.29, 1.82) is 0 Å². The number of ketones is 1. The quantitative estimate of drug-likeness (QED) is 0.815. The van der Waals surface area contributed by atoms with Gasteiger partial charge in [0.05, 0.1) is 23.5 Å². The Hall–Kier alpha value is -1.95. The molecular formula is C14H15FN2O3. The molecule has 1 heterocycles. The normalized spacial score (nSPS) is 17.7. The van der Waals surface area contributed by atoms with E-state index in [0.29, 0.717) is 17.9 Å². The van der Waals surface area contributed by atoms with Gasteiger partial charge in [-0.2, -0.15) is 0 Å². The maximum absolute atomic E-state index is 14.2. The number of carbonyl (C=O) groups excluding carboxylic acids is 2. The van der Waals surface area contributed by atoms with Crippen LogP contribution < -0.4 is 10.2 Å². The Bertz CT molecular complexity index is 584. The van der Waals surface area contributed by atoms with Gasteiger partial charge in [0.1, 0.15) is 5.82 Å². The van der Waals surface area contributed by atoms with Crippen molar-refractivity contribution in [2.24, 2.45) is 0 Å². The zero-order chi connectivity index (χ0) is 14.3. The highest BCUT2D eigenvalue weighted by atomic mass is 19.1. The maximum Gasteiger partial charge on any atom is 0.296 e. The van der Waals surface area contributed by atoms with Crippen LogP contribution in [0.2, 0.25) is 0 Å². The molecule has 2 aliphatic rings. The molecule has 0 unspecified atom stereocenters. The third-order valence-electron chi connectivity index (χ3n) is 3.95. The van der Waals surface area contributed by atoms with Crippen LogP contribution in [0.15, 0.2) is 12.1 Å². The van der Waals surface area contributed by atoms with Gasteiger partial charge in [0, 0.05) is 12.6 Å². The van der Waals surface area contributed by atoms with Crippen LogP contribution in [0.25, 0.3) is 0 Å². The summed E-state index contributed by atoms with van der Waals surface area (Å²) < 4.78 is 14.2. The van der Waals surface area contributed by atoms with E-state index in [9.17, 15) is 14.0 Å². The summed E-state index contributed by atoms with van der Waals surface area (Å²) in [6.45, 7) is 0.264. The van der Waals surface area contributed by atoms with E-state index in [1.54, 1.807) is 0 Å². The molecule has 0 saturated heterocycles. The van der Waals surface area contributed by atoms with Crippen molar-refractivity contribution < 1.29 is 19.1 Å². The molecule has 1 aliphatic heterocycles. The van der Waals surface area contributed by atoms with Crippen LogP contribution in [-0.4, -0.2) is 36.0 Å².